The highest BCUT2D eigenvalue weighted by molar-refractivity contribution is 5.93. The van der Waals surface area contributed by atoms with Gasteiger partial charge in [0, 0.05) is 25.4 Å². The Labute approximate surface area is 455 Å². The highest BCUT2D eigenvalue weighted by atomic mass is 16.5. The second-order valence-corrected chi connectivity index (χ2v) is 24.0. The molecule has 0 aromatic rings. The number of unbranched alkanes of at least 4 members (excludes halogenated alkanes) is 35. The third-order valence-corrected chi connectivity index (χ3v) is 17.3. The number of amides is 2. The fraction of sp³-hybridized carbons (Fsp3) is 0.955. The number of hydrogen-bond acceptors (Lipinski definition) is 5. The molecule has 0 aromatic heterocycles. The Morgan fingerprint density at radius 1 is 0.452 bits per heavy atom. The lowest BCUT2D eigenvalue weighted by Crippen LogP contribution is -2.65. The minimum atomic E-state index is -0.726. The van der Waals surface area contributed by atoms with Crippen LogP contribution in [0.15, 0.2) is 0 Å². The third kappa shape index (κ3) is 34.7. The average molecular weight is 1030 g/mol. The monoisotopic (exact) mass is 1030 g/mol. The van der Waals surface area contributed by atoms with Crippen LogP contribution >= 0.6 is 0 Å². The standard InChI is InChI=1S/C66H127N3O4/c1-5-9-13-17-21-23-25-27-29-31-33-38-49-61(50-39-34-32-30-28-26-24-22-18-14-10-6-2)64(71)69(60-45-37-44-57-68-58-46-47-59-68)66(54-48-55-66)65(72)67-56-43-42-53-63(70)73-62(51-40-35-19-15-11-7-3)52-41-36-20-16-12-8-4/h61-62H,5-60H2,1-4H3,(H,67,72). The summed E-state index contributed by atoms with van der Waals surface area (Å²) in [6.07, 6.45) is 61.2. The highest BCUT2D eigenvalue weighted by Gasteiger charge is 2.51. The van der Waals surface area contributed by atoms with Gasteiger partial charge in [-0.1, -0.05) is 252 Å². The molecule has 1 aliphatic heterocycles. The minimum absolute atomic E-state index is 0.0121. The Kier molecular flexibility index (Phi) is 45.0. The van der Waals surface area contributed by atoms with Crippen LogP contribution in [-0.4, -0.2) is 72.0 Å². The lowest BCUT2D eigenvalue weighted by atomic mass is 9.73. The molecule has 73 heavy (non-hydrogen) atoms. The van der Waals surface area contributed by atoms with Gasteiger partial charge >= 0.3 is 5.97 Å². The van der Waals surface area contributed by atoms with Gasteiger partial charge in [0.25, 0.3) is 0 Å². The maximum atomic E-state index is 15.2. The molecule has 0 radical (unpaired) electrons. The van der Waals surface area contributed by atoms with E-state index in [1.807, 2.05) is 0 Å². The van der Waals surface area contributed by atoms with E-state index < -0.39 is 5.54 Å². The van der Waals surface area contributed by atoms with E-state index in [-0.39, 0.29) is 29.8 Å². The van der Waals surface area contributed by atoms with Gasteiger partial charge in [-0.3, -0.25) is 14.4 Å². The number of nitrogens with zero attached hydrogens (tertiary/aromatic N) is 2. The molecular weight excluding hydrogens is 899 g/mol. The predicted molar refractivity (Wildman–Crippen MR) is 315 cm³/mol. The van der Waals surface area contributed by atoms with Crippen LogP contribution in [0, 0.1) is 5.92 Å². The molecule has 1 aliphatic carbocycles. The Hall–Kier alpha value is -1.63. The molecular formula is C66H127N3O4. The van der Waals surface area contributed by atoms with Crippen LogP contribution in [0.2, 0.25) is 0 Å². The van der Waals surface area contributed by atoms with Gasteiger partial charge in [0.2, 0.25) is 11.8 Å². The molecule has 2 amide bonds. The largest absolute Gasteiger partial charge is 0.462 e. The van der Waals surface area contributed by atoms with Gasteiger partial charge < -0.3 is 19.9 Å². The number of likely N-dealkylation sites (tertiary alicyclic amines) is 1. The molecule has 2 fully saturated rings. The first-order chi connectivity index (χ1) is 35.9. The van der Waals surface area contributed by atoms with Crippen molar-refractivity contribution in [3.63, 3.8) is 0 Å². The summed E-state index contributed by atoms with van der Waals surface area (Å²) in [6.45, 7) is 14.0. The first-order valence-electron chi connectivity index (χ1n) is 33.4. The summed E-state index contributed by atoms with van der Waals surface area (Å²) in [5.74, 6) is 0.273. The van der Waals surface area contributed by atoms with Crippen molar-refractivity contribution >= 4 is 17.8 Å². The van der Waals surface area contributed by atoms with Crippen LogP contribution < -0.4 is 5.32 Å². The number of carbonyl (C=O) groups is 3. The summed E-state index contributed by atoms with van der Waals surface area (Å²) >= 11 is 0. The van der Waals surface area contributed by atoms with Crippen molar-refractivity contribution in [3.8, 4) is 0 Å². The highest BCUT2D eigenvalue weighted by Crippen LogP contribution is 2.40. The molecule has 1 heterocycles. The van der Waals surface area contributed by atoms with Crippen LogP contribution in [-0.2, 0) is 19.1 Å². The topological polar surface area (TPSA) is 79.0 Å². The maximum Gasteiger partial charge on any atom is 0.306 e. The van der Waals surface area contributed by atoms with Gasteiger partial charge in [0.05, 0.1) is 0 Å². The van der Waals surface area contributed by atoms with Gasteiger partial charge in [0.15, 0.2) is 0 Å². The minimum Gasteiger partial charge on any atom is -0.462 e. The van der Waals surface area contributed by atoms with Gasteiger partial charge in [-0.05, 0) is 116 Å². The summed E-state index contributed by atoms with van der Waals surface area (Å²) in [6, 6.07) is 0. The smallest absolute Gasteiger partial charge is 0.306 e. The van der Waals surface area contributed by atoms with Gasteiger partial charge in [-0.25, -0.2) is 0 Å². The lowest BCUT2D eigenvalue weighted by molar-refractivity contribution is -0.157. The maximum absolute atomic E-state index is 15.2. The van der Waals surface area contributed by atoms with E-state index in [0.29, 0.717) is 25.9 Å². The van der Waals surface area contributed by atoms with Gasteiger partial charge in [-0.15, -0.1) is 0 Å². The zero-order valence-corrected chi connectivity index (χ0v) is 49.8. The number of hydrogen-bond donors (Lipinski definition) is 1. The van der Waals surface area contributed by atoms with Crippen molar-refractivity contribution in [2.24, 2.45) is 5.92 Å². The van der Waals surface area contributed by atoms with Crippen LogP contribution in [0.25, 0.3) is 0 Å². The number of nitrogens with one attached hydrogen (secondary N) is 1. The molecule has 7 nitrogen and oxygen atoms in total. The van der Waals surface area contributed by atoms with Crippen molar-refractivity contribution in [3.05, 3.63) is 0 Å². The van der Waals surface area contributed by atoms with Crippen LogP contribution in [0.3, 0.4) is 0 Å². The molecule has 2 aliphatic rings. The molecule has 2 rings (SSSR count). The van der Waals surface area contributed by atoms with E-state index in [9.17, 15) is 9.59 Å². The molecule has 0 spiro atoms. The molecule has 0 atom stereocenters. The second-order valence-electron chi connectivity index (χ2n) is 24.0. The van der Waals surface area contributed by atoms with Gasteiger partial charge in [-0.2, -0.15) is 0 Å². The van der Waals surface area contributed by atoms with Crippen molar-refractivity contribution in [2.75, 3.05) is 32.7 Å². The SMILES string of the molecule is CCCCCCCCCCCCCCC(CCCCCCCCCCCCCC)C(=O)N(CCCCCN1CCCC1)C1(C(=O)NCCCCC(=O)OC(CCCCCCCC)CCCCCCCC)CCC1. The molecule has 1 saturated heterocycles. The van der Waals surface area contributed by atoms with Crippen molar-refractivity contribution < 1.29 is 19.1 Å². The quantitative estimate of drug-likeness (QED) is 0.0485. The molecule has 0 aromatic carbocycles. The molecule has 0 unspecified atom stereocenters. The first-order valence-corrected chi connectivity index (χ1v) is 33.4. The summed E-state index contributed by atoms with van der Waals surface area (Å²) in [5.41, 5.74) is -0.726. The van der Waals surface area contributed by atoms with Crippen molar-refractivity contribution in [2.45, 2.75) is 367 Å². The zero-order chi connectivity index (χ0) is 52.6. The first kappa shape index (κ1) is 67.5. The van der Waals surface area contributed by atoms with Crippen molar-refractivity contribution in [1.29, 1.82) is 0 Å². The molecule has 430 valence electrons. The van der Waals surface area contributed by atoms with E-state index in [1.165, 1.54) is 238 Å². The van der Waals surface area contributed by atoms with E-state index >= 15 is 4.79 Å². The summed E-state index contributed by atoms with van der Waals surface area (Å²) in [7, 11) is 0. The Balaban J connectivity index is 2.03. The summed E-state index contributed by atoms with van der Waals surface area (Å²) < 4.78 is 6.15. The number of rotatable bonds is 55. The third-order valence-electron chi connectivity index (χ3n) is 17.3. The van der Waals surface area contributed by atoms with Crippen molar-refractivity contribution in [1.82, 2.24) is 15.1 Å². The lowest BCUT2D eigenvalue weighted by Gasteiger charge is -2.50. The summed E-state index contributed by atoms with van der Waals surface area (Å²) in [4.78, 5) is 47.7. The van der Waals surface area contributed by atoms with E-state index in [2.05, 4.69) is 42.8 Å². The van der Waals surface area contributed by atoms with E-state index in [4.69, 9.17) is 4.74 Å². The number of ether oxygens (including phenoxy) is 1. The van der Waals surface area contributed by atoms with E-state index in [1.54, 1.807) is 0 Å². The average Bonchev–Trinajstić information content (AvgIpc) is 3.90. The molecule has 1 N–H and O–H groups in total. The normalized spacial score (nSPS) is 14.6. The van der Waals surface area contributed by atoms with Crippen LogP contribution in [0.5, 0.6) is 0 Å². The fourth-order valence-corrected chi connectivity index (χ4v) is 12.1. The molecule has 0 bridgehead atoms. The number of esters is 1. The Morgan fingerprint density at radius 3 is 1.23 bits per heavy atom. The Bertz CT molecular complexity index is 1200. The zero-order valence-electron chi connectivity index (χ0n) is 49.8. The van der Waals surface area contributed by atoms with E-state index in [0.717, 1.165) is 96.4 Å². The molecule has 1 saturated carbocycles. The Morgan fingerprint density at radius 2 is 0.836 bits per heavy atom. The number of carbonyl (C=O) groups excluding carboxylic acids is 3. The van der Waals surface area contributed by atoms with Crippen LogP contribution in [0.1, 0.15) is 355 Å². The predicted octanol–water partition coefficient (Wildman–Crippen LogP) is 19.5. The van der Waals surface area contributed by atoms with Crippen LogP contribution in [0.4, 0.5) is 0 Å². The fourth-order valence-electron chi connectivity index (χ4n) is 12.1. The second kappa shape index (κ2) is 48.7. The molecule has 7 heteroatoms. The van der Waals surface area contributed by atoms with Gasteiger partial charge in [0.1, 0.15) is 11.6 Å². The summed E-state index contributed by atoms with van der Waals surface area (Å²) in [5, 5.41) is 3.35.